The van der Waals surface area contributed by atoms with Crippen molar-refractivity contribution >= 4 is 5.91 Å². The summed E-state index contributed by atoms with van der Waals surface area (Å²) in [6.07, 6.45) is 12.6. The van der Waals surface area contributed by atoms with Gasteiger partial charge in [-0.25, -0.2) is 0 Å². The number of carbonyl (C=O) groups excluding carboxylic acids is 1. The van der Waals surface area contributed by atoms with Gasteiger partial charge in [-0.2, -0.15) is 0 Å². The largest absolute Gasteiger partial charge is 0.338 e. The molecule has 3 atom stereocenters. The van der Waals surface area contributed by atoms with Crippen molar-refractivity contribution in [1.82, 2.24) is 9.80 Å². The van der Waals surface area contributed by atoms with Gasteiger partial charge in [0.25, 0.3) is 0 Å². The lowest BCUT2D eigenvalue weighted by Gasteiger charge is -2.35. The Bertz CT molecular complexity index is 379. The van der Waals surface area contributed by atoms with Crippen LogP contribution in [-0.4, -0.2) is 47.4 Å². The van der Waals surface area contributed by atoms with Gasteiger partial charge < -0.3 is 4.90 Å². The predicted octanol–water partition coefficient (Wildman–Crippen LogP) is 2.82. The lowest BCUT2D eigenvalue weighted by atomic mass is 10.0. The average molecular weight is 276 g/mol. The molecule has 2 fully saturated rings. The van der Waals surface area contributed by atoms with E-state index in [1.807, 2.05) is 0 Å². The molecular weight excluding hydrogens is 248 g/mol. The van der Waals surface area contributed by atoms with E-state index in [1.165, 1.54) is 38.6 Å². The molecule has 0 saturated carbocycles. The first kappa shape index (κ1) is 14.1. The Kier molecular flexibility index (Phi) is 4.45. The van der Waals surface area contributed by atoms with E-state index in [0.717, 1.165) is 25.9 Å². The number of hydrogen-bond donors (Lipinski definition) is 0. The number of hydrogen-bond acceptors (Lipinski definition) is 2. The van der Waals surface area contributed by atoms with E-state index in [0.29, 0.717) is 23.9 Å². The molecule has 2 aliphatic heterocycles. The fourth-order valence-electron chi connectivity index (χ4n) is 4.39. The highest BCUT2D eigenvalue weighted by Gasteiger charge is 2.39. The van der Waals surface area contributed by atoms with E-state index in [9.17, 15) is 4.79 Å². The van der Waals surface area contributed by atoms with E-state index >= 15 is 0 Å². The van der Waals surface area contributed by atoms with Crippen LogP contribution in [0, 0.1) is 5.92 Å². The third-order valence-corrected chi connectivity index (χ3v) is 5.43. The van der Waals surface area contributed by atoms with Gasteiger partial charge in [-0.1, -0.05) is 19.1 Å². The molecule has 2 heterocycles. The molecule has 0 N–H and O–H groups in total. The van der Waals surface area contributed by atoms with Gasteiger partial charge in [-0.15, -0.1) is 0 Å². The molecule has 0 radical (unpaired) electrons. The van der Waals surface area contributed by atoms with E-state index < -0.39 is 0 Å². The molecule has 3 aliphatic rings. The quantitative estimate of drug-likeness (QED) is 0.737. The van der Waals surface area contributed by atoms with E-state index in [4.69, 9.17) is 0 Å². The lowest BCUT2D eigenvalue weighted by Crippen LogP contribution is -2.48. The Morgan fingerprint density at radius 3 is 2.70 bits per heavy atom. The summed E-state index contributed by atoms with van der Waals surface area (Å²) in [5.74, 6) is 0.918. The van der Waals surface area contributed by atoms with Crippen molar-refractivity contribution in [3.63, 3.8) is 0 Å². The number of amides is 1. The molecule has 3 heteroatoms. The van der Waals surface area contributed by atoms with Crippen molar-refractivity contribution < 1.29 is 4.79 Å². The van der Waals surface area contributed by atoms with Crippen LogP contribution in [0.15, 0.2) is 12.2 Å². The third kappa shape index (κ3) is 2.78. The Labute approximate surface area is 123 Å². The lowest BCUT2D eigenvalue weighted by molar-refractivity contribution is -0.133. The number of likely N-dealkylation sites (tertiary alicyclic amines) is 2. The fourth-order valence-corrected chi connectivity index (χ4v) is 4.39. The van der Waals surface area contributed by atoms with Crippen LogP contribution in [0.2, 0.25) is 0 Å². The number of carbonyl (C=O) groups is 1. The second-order valence-corrected chi connectivity index (χ2v) is 6.60. The SMILES string of the molecule is CCN1CCCC1C1CCCN1C(=O)CC1C=CCC1. The Morgan fingerprint density at radius 2 is 1.95 bits per heavy atom. The summed E-state index contributed by atoms with van der Waals surface area (Å²) in [4.78, 5) is 17.5. The molecule has 0 aromatic heterocycles. The minimum Gasteiger partial charge on any atom is -0.338 e. The van der Waals surface area contributed by atoms with E-state index in [2.05, 4.69) is 28.9 Å². The maximum Gasteiger partial charge on any atom is 0.223 e. The molecule has 1 amide bonds. The maximum absolute atomic E-state index is 12.6. The molecule has 20 heavy (non-hydrogen) atoms. The van der Waals surface area contributed by atoms with Gasteiger partial charge in [0, 0.05) is 25.0 Å². The number of likely N-dealkylation sites (N-methyl/N-ethyl adjacent to an activating group) is 1. The van der Waals surface area contributed by atoms with Gasteiger partial charge in [-0.05, 0) is 57.5 Å². The van der Waals surface area contributed by atoms with Gasteiger partial charge in [0.05, 0.1) is 0 Å². The van der Waals surface area contributed by atoms with Crippen LogP contribution < -0.4 is 0 Å². The minimum atomic E-state index is 0.409. The highest BCUT2D eigenvalue weighted by atomic mass is 16.2. The van der Waals surface area contributed by atoms with Gasteiger partial charge in [0.2, 0.25) is 5.91 Å². The Hall–Kier alpha value is -0.830. The minimum absolute atomic E-state index is 0.409. The first-order chi connectivity index (χ1) is 9.79. The smallest absolute Gasteiger partial charge is 0.223 e. The fraction of sp³-hybridized carbons (Fsp3) is 0.824. The first-order valence-corrected chi connectivity index (χ1v) is 8.49. The van der Waals surface area contributed by atoms with Crippen LogP contribution >= 0.6 is 0 Å². The van der Waals surface area contributed by atoms with Crippen LogP contribution in [0.25, 0.3) is 0 Å². The monoisotopic (exact) mass is 276 g/mol. The van der Waals surface area contributed by atoms with E-state index in [1.54, 1.807) is 0 Å². The maximum atomic E-state index is 12.6. The predicted molar refractivity (Wildman–Crippen MR) is 81.5 cm³/mol. The molecule has 0 bridgehead atoms. The zero-order valence-corrected chi connectivity index (χ0v) is 12.8. The van der Waals surface area contributed by atoms with Crippen molar-refractivity contribution in [2.75, 3.05) is 19.6 Å². The highest BCUT2D eigenvalue weighted by molar-refractivity contribution is 5.77. The molecule has 3 unspecified atom stereocenters. The Morgan fingerprint density at radius 1 is 1.15 bits per heavy atom. The number of rotatable bonds is 4. The van der Waals surface area contributed by atoms with Gasteiger partial charge in [0.1, 0.15) is 0 Å². The van der Waals surface area contributed by atoms with Crippen molar-refractivity contribution in [3.05, 3.63) is 12.2 Å². The van der Waals surface area contributed by atoms with Crippen molar-refractivity contribution in [2.24, 2.45) is 5.92 Å². The van der Waals surface area contributed by atoms with Crippen LogP contribution in [0.5, 0.6) is 0 Å². The molecule has 0 spiro atoms. The third-order valence-electron chi connectivity index (χ3n) is 5.43. The second kappa shape index (κ2) is 6.30. The molecule has 112 valence electrons. The molecule has 0 aromatic carbocycles. The number of allylic oxidation sites excluding steroid dienone is 2. The van der Waals surface area contributed by atoms with Crippen LogP contribution in [0.4, 0.5) is 0 Å². The summed E-state index contributed by atoms with van der Waals surface area (Å²) < 4.78 is 0. The van der Waals surface area contributed by atoms with Crippen molar-refractivity contribution in [3.8, 4) is 0 Å². The van der Waals surface area contributed by atoms with Crippen LogP contribution in [-0.2, 0) is 4.79 Å². The molecule has 0 aromatic rings. The number of nitrogens with zero attached hydrogens (tertiary/aromatic N) is 2. The topological polar surface area (TPSA) is 23.6 Å². The molecule has 3 rings (SSSR count). The molecular formula is C17H28N2O. The molecule has 1 aliphatic carbocycles. The summed E-state index contributed by atoms with van der Waals surface area (Å²) in [7, 11) is 0. The summed E-state index contributed by atoms with van der Waals surface area (Å²) in [6, 6.07) is 1.13. The second-order valence-electron chi connectivity index (χ2n) is 6.60. The summed E-state index contributed by atoms with van der Waals surface area (Å²) >= 11 is 0. The normalized spacial score (nSPS) is 34.2. The first-order valence-electron chi connectivity index (χ1n) is 8.49. The summed E-state index contributed by atoms with van der Waals surface area (Å²) in [5, 5.41) is 0. The summed E-state index contributed by atoms with van der Waals surface area (Å²) in [5.41, 5.74) is 0. The zero-order chi connectivity index (χ0) is 13.9. The average Bonchev–Trinajstić information content (AvgIpc) is 3.18. The Balaban J connectivity index is 1.62. The van der Waals surface area contributed by atoms with Crippen LogP contribution in [0.1, 0.15) is 51.9 Å². The van der Waals surface area contributed by atoms with Crippen LogP contribution in [0.3, 0.4) is 0 Å². The highest BCUT2D eigenvalue weighted by Crippen LogP contribution is 2.31. The van der Waals surface area contributed by atoms with Crippen molar-refractivity contribution in [1.29, 1.82) is 0 Å². The molecule has 2 saturated heterocycles. The summed E-state index contributed by atoms with van der Waals surface area (Å²) in [6.45, 7) is 5.61. The van der Waals surface area contributed by atoms with E-state index in [-0.39, 0.29) is 0 Å². The molecule has 3 nitrogen and oxygen atoms in total. The van der Waals surface area contributed by atoms with Gasteiger partial charge >= 0.3 is 0 Å². The zero-order valence-electron chi connectivity index (χ0n) is 12.8. The standard InChI is InChI=1S/C17H28N2O/c1-2-18-11-5-9-15(18)16-10-6-12-19(16)17(20)13-14-7-3-4-8-14/h3,7,14-16H,2,4-6,8-13H2,1H3. The van der Waals surface area contributed by atoms with Gasteiger partial charge in [-0.3, -0.25) is 9.69 Å². The van der Waals surface area contributed by atoms with Gasteiger partial charge in [0.15, 0.2) is 0 Å². The van der Waals surface area contributed by atoms with Crippen molar-refractivity contribution in [2.45, 2.75) is 64.0 Å².